The first-order valence-corrected chi connectivity index (χ1v) is 9.46. The van der Waals surface area contributed by atoms with E-state index < -0.39 is 0 Å². The maximum atomic E-state index is 12.0. The number of halogens is 1. The van der Waals surface area contributed by atoms with Crippen molar-refractivity contribution in [3.8, 4) is 5.75 Å². The number of ether oxygens (including phenoxy) is 1. The Morgan fingerprint density at radius 3 is 2.63 bits per heavy atom. The highest BCUT2D eigenvalue weighted by Gasteiger charge is 2.23. The lowest BCUT2D eigenvalue weighted by atomic mass is 10.1. The van der Waals surface area contributed by atoms with Gasteiger partial charge in [-0.25, -0.2) is 4.98 Å². The number of carbonyl (C=O) groups excluding carboxylic acids is 2. The van der Waals surface area contributed by atoms with Crippen LogP contribution in [0.5, 0.6) is 5.75 Å². The summed E-state index contributed by atoms with van der Waals surface area (Å²) in [6.07, 6.45) is 2.82. The summed E-state index contributed by atoms with van der Waals surface area (Å²) in [6, 6.07) is 7.85. The molecule has 146 valence electrons. The summed E-state index contributed by atoms with van der Waals surface area (Å²) >= 11 is 1.38. The summed E-state index contributed by atoms with van der Waals surface area (Å²) in [5, 5.41) is 8.18. The molecule has 1 aromatic carbocycles. The van der Waals surface area contributed by atoms with Gasteiger partial charge in [0.2, 0.25) is 0 Å². The predicted molar refractivity (Wildman–Crippen MR) is 106 cm³/mol. The molecule has 0 saturated heterocycles. The van der Waals surface area contributed by atoms with E-state index in [0.717, 1.165) is 23.4 Å². The molecular weight excluding hydrogens is 388 g/mol. The third-order valence-corrected chi connectivity index (χ3v) is 4.77. The van der Waals surface area contributed by atoms with Crippen molar-refractivity contribution in [2.45, 2.75) is 31.8 Å². The second-order valence-corrected chi connectivity index (χ2v) is 7.05. The number of carbonyl (C=O) groups is 2. The van der Waals surface area contributed by atoms with E-state index in [4.69, 9.17) is 10.5 Å². The SMILES string of the molecule is Cl.NCc1nc(C(=O)NCCc2ccc(OCC(=O)NC3CC3)cc2)cs1. The summed E-state index contributed by atoms with van der Waals surface area (Å²) in [5.74, 6) is 0.377. The van der Waals surface area contributed by atoms with E-state index in [-0.39, 0.29) is 30.8 Å². The topological polar surface area (TPSA) is 106 Å². The van der Waals surface area contributed by atoms with Gasteiger partial charge in [0, 0.05) is 24.5 Å². The number of nitrogens with two attached hydrogens (primary N) is 1. The molecule has 1 saturated carbocycles. The molecule has 1 aliphatic rings. The van der Waals surface area contributed by atoms with Crippen LogP contribution in [0.25, 0.3) is 0 Å². The standard InChI is InChI=1S/C18H22N4O3S.ClH/c19-9-17-22-15(11-26-17)18(24)20-8-7-12-1-5-14(6-2-12)25-10-16(23)21-13-3-4-13;/h1-2,5-6,11,13H,3-4,7-10,19H2,(H,20,24)(H,21,23);1H. The third kappa shape index (κ3) is 6.82. The Bertz CT molecular complexity index is 762. The number of amides is 2. The highest BCUT2D eigenvalue weighted by molar-refractivity contribution is 7.09. The first-order valence-electron chi connectivity index (χ1n) is 8.58. The number of nitrogens with one attached hydrogen (secondary N) is 2. The van der Waals surface area contributed by atoms with Crippen molar-refractivity contribution in [3.63, 3.8) is 0 Å². The lowest BCUT2D eigenvalue weighted by molar-refractivity contribution is -0.123. The van der Waals surface area contributed by atoms with Crippen LogP contribution in [0.4, 0.5) is 0 Å². The van der Waals surface area contributed by atoms with E-state index in [2.05, 4.69) is 15.6 Å². The number of hydrogen-bond donors (Lipinski definition) is 3. The Kier molecular flexibility index (Phi) is 8.02. The van der Waals surface area contributed by atoms with Crippen LogP contribution in [0.1, 0.15) is 33.9 Å². The molecule has 9 heteroatoms. The number of aromatic nitrogens is 1. The van der Waals surface area contributed by atoms with Crippen molar-refractivity contribution < 1.29 is 14.3 Å². The molecule has 0 bridgehead atoms. The highest BCUT2D eigenvalue weighted by Crippen LogP contribution is 2.18. The summed E-state index contributed by atoms with van der Waals surface area (Å²) in [5.41, 5.74) is 6.97. The molecule has 2 amide bonds. The molecule has 4 N–H and O–H groups in total. The van der Waals surface area contributed by atoms with E-state index in [9.17, 15) is 9.59 Å². The van der Waals surface area contributed by atoms with Crippen molar-refractivity contribution in [1.82, 2.24) is 15.6 Å². The molecular formula is C18H23ClN4O3S. The lowest BCUT2D eigenvalue weighted by Gasteiger charge is -2.08. The summed E-state index contributed by atoms with van der Waals surface area (Å²) in [6.45, 7) is 0.886. The average Bonchev–Trinajstić information content (AvgIpc) is 3.33. The quantitative estimate of drug-likeness (QED) is 0.582. The predicted octanol–water partition coefficient (Wildman–Crippen LogP) is 1.65. The zero-order valence-electron chi connectivity index (χ0n) is 14.8. The summed E-state index contributed by atoms with van der Waals surface area (Å²) in [7, 11) is 0. The zero-order chi connectivity index (χ0) is 18.4. The Labute approximate surface area is 168 Å². The Morgan fingerprint density at radius 1 is 1.26 bits per heavy atom. The van der Waals surface area contributed by atoms with Gasteiger partial charge in [0.1, 0.15) is 16.5 Å². The van der Waals surface area contributed by atoms with Crippen LogP contribution < -0.4 is 21.1 Å². The fourth-order valence-corrected chi connectivity index (χ4v) is 2.97. The molecule has 0 atom stereocenters. The average molecular weight is 411 g/mol. The monoisotopic (exact) mass is 410 g/mol. The number of thiazole rings is 1. The van der Waals surface area contributed by atoms with Gasteiger partial charge in [-0.05, 0) is 37.0 Å². The molecule has 3 rings (SSSR count). The van der Waals surface area contributed by atoms with Gasteiger partial charge in [-0.1, -0.05) is 12.1 Å². The normalized spacial score (nSPS) is 12.8. The van der Waals surface area contributed by atoms with E-state index >= 15 is 0 Å². The number of benzene rings is 1. The lowest BCUT2D eigenvalue weighted by Crippen LogP contribution is -2.30. The van der Waals surface area contributed by atoms with Crippen LogP contribution in [-0.4, -0.2) is 36.0 Å². The van der Waals surface area contributed by atoms with Crippen LogP contribution >= 0.6 is 23.7 Å². The van der Waals surface area contributed by atoms with E-state index in [1.54, 1.807) is 5.38 Å². The fraction of sp³-hybridized carbons (Fsp3) is 0.389. The maximum absolute atomic E-state index is 12.0. The van der Waals surface area contributed by atoms with Crippen LogP contribution in [-0.2, 0) is 17.8 Å². The first-order chi connectivity index (χ1) is 12.6. The van der Waals surface area contributed by atoms with Gasteiger partial charge in [-0.3, -0.25) is 9.59 Å². The molecule has 0 aliphatic heterocycles. The molecule has 0 spiro atoms. The number of rotatable bonds is 9. The van der Waals surface area contributed by atoms with Crippen LogP contribution in [0.15, 0.2) is 29.6 Å². The van der Waals surface area contributed by atoms with Gasteiger partial charge in [0.15, 0.2) is 6.61 Å². The van der Waals surface area contributed by atoms with E-state index in [0.29, 0.717) is 37.0 Å². The minimum atomic E-state index is -0.192. The maximum Gasteiger partial charge on any atom is 0.270 e. The van der Waals surface area contributed by atoms with Gasteiger partial charge < -0.3 is 21.1 Å². The molecule has 1 aliphatic carbocycles. The minimum Gasteiger partial charge on any atom is -0.484 e. The highest BCUT2D eigenvalue weighted by atomic mass is 35.5. The zero-order valence-corrected chi connectivity index (χ0v) is 16.4. The molecule has 1 aromatic heterocycles. The second-order valence-electron chi connectivity index (χ2n) is 6.11. The van der Waals surface area contributed by atoms with E-state index in [1.165, 1.54) is 11.3 Å². The number of hydrogen-bond acceptors (Lipinski definition) is 6. The van der Waals surface area contributed by atoms with E-state index in [1.807, 2.05) is 24.3 Å². The van der Waals surface area contributed by atoms with Crippen LogP contribution in [0.2, 0.25) is 0 Å². The van der Waals surface area contributed by atoms with Gasteiger partial charge in [-0.15, -0.1) is 23.7 Å². The number of nitrogens with zero attached hydrogens (tertiary/aromatic N) is 1. The molecule has 1 fully saturated rings. The smallest absolute Gasteiger partial charge is 0.270 e. The minimum absolute atomic E-state index is 0. The van der Waals surface area contributed by atoms with Crippen LogP contribution in [0.3, 0.4) is 0 Å². The Balaban J connectivity index is 0.00000261. The Hall–Kier alpha value is -2.16. The molecule has 7 nitrogen and oxygen atoms in total. The largest absolute Gasteiger partial charge is 0.484 e. The van der Waals surface area contributed by atoms with Crippen molar-refractivity contribution in [1.29, 1.82) is 0 Å². The Morgan fingerprint density at radius 2 is 2.00 bits per heavy atom. The summed E-state index contributed by atoms with van der Waals surface area (Å²) < 4.78 is 5.47. The molecule has 0 unspecified atom stereocenters. The van der Waals surface area contributed by atoms with Gasteiger partial charge in [0.25, 0.3) is 11.8 Å². The van der Waals surface area contributed by atoms with Crippen molar-refractivity contribution >= 4 is 35.6 Å². The summed E-state index contributed by atoms with van der Waals surface area (Å²) in [4.78, 5) is 27.7. The van der Waals surface area contributed by atoms with Crippen LogP contribution in [0, 0.1) is 0 Å². The van der Waals surface area contributed by atoms with Gasteiger partial charge >= 0.3 is 0 Å². The molecule has 27 heavy (non-hydrogen) atoms. The molecule has 2 aromatic rings. The van der Waals surface area contributed by atoms with Crippen molar-refractivity contribution in [2.24, 2.45) is 5.73 Å². The van der Waals surface area contributed by atoms with Crippen molar-refractivity contribution in [3.05, 3.63) is 45.9 Å². The molecule has 1 heterocycles. The third-order valence-electron chi connectivity index (χ3n) is 3.89. The van der Waals surface area contributed by atoms with Gasteiger partial charge in [-0.2, -0.15) is 0 Å². The fourth-order valence-electron chi connectivity index (χ4n) is 2.32. The first kappa shape index (κ1) is 21.1. The molecule has 0 radical (unpaired) electrons. The van der Waals surface area contributed by atoms with Gasteiger partial charge in [0.05, 0.1) is 0 Å². The second kappa shape index (κ2) is 10.2. The van der Waals surface area contributed by atoms with Crippen molar-refractivity contribution in [2.75, 3.05) is 13.2 Å².